The average Bonchev–Trinajstić information content (AvgIpc) is 2.58. The second-order valence-corrected chi connectivity index (χ2v) is 4.61. The lowest BCUT2D eigenvalue weighted by molar-refractivity contribution is -0.148. The summed E-state index contributed by atoms with van der Waals surface area (Å²) in [5, 5.41) is 10.8. The van der Waals surface area contributed by atoms with Crippen molar-refractivity contribution in [1.82, 2.24) is 5.32 Å². The van der Waals surface area contributed by atoms with Gasteiger partial charge in [-0.15, -0.1) is 0 Å². The molecule has 0 spiro atoms. The number of nitrogens with zero attached hydrogens (tertiary/aromatic N) is 1. The van der Waals surface area contributed by atoms with Gasteiger partial charge in [-0.25, -0.2) is 0 Å². The first kappa shape index (κ1) is 18.3. The minimum Gasteiger partial charge on any atom is -0.493 e. The maximum Gasteiger partial charge on any atom is 0.306 e. The van der Waals surface area contributed by atoms with Crippen LogP contribution < -0.4 is 14.8 Å². The molecule has 1 rings (SSSR count). The summed E-state index contributed by atoms with van der Waals surface area (Å²) in [5.41, 5.74) is 0.901. The van der Waals surface area contributed by atoms with Crippen molar-refractivity contribution in [3.8, 4) is 17.6 Å². The van der Waals surface area contributed by atoms with Crippen molar-refractivity contribution in [2.24, 2.45) is 0 Å². The van der Waals surface area contributed by atoms with Crippen molar-refractivity contribution in [2.45, 2.75) is 19.3 Å². The number of carbonyl (C=O) groups excluding carboxylic acids is 2. The van der Waals surface area contributed by atoms with Crippen LogP contribution in [0.1, 0.15) is 18.4 Å². The third-order valence-corrected chi connectivity index (χ3v) is 2.99. The number of carbonyl (C=O) groups is 2. The van der Waals surface area contributed by atoms with Gasteiger partial charge in [0.25, 0.3) is 5.91 Å². The van der Waals surface area contributed by atoms with E-state index in [4.69, 9.17) is 19.5 Å². The van der Waals surface area contributed by atoms with Crippen LogP contribution in [0.25, 0.3) is 0 Å². The summed E-state index contributed by atoms with van der Waals surface area (Å²) in [5.74, 6) is 0.332. The molecule has 0 heterocycles. The lowest BCUT2D eigenvalue weighted by Crippen LogP contribution is -2.29. The Morgan fingerprint density at radius 1 is 1.22 bits per heavy atom. The van der Waals surface area contributed by atoms with Gasteiger partial charge in [-0.05, 0) is 24.1 Å². The van der Waals surface area contributed by atoms with Crippen LogP contribution in [0.5, 0.6) is 11.5 Å². The molecule has 1 amide bonds. The number of rotatable bonds is 9. The molecule has 0 unspecified atom stereocenters. The molecule has 7 nitrogen and oxygen atoms in total. The Morgan fingerprint density at radius 3 is 2.61 bits per heavy atom. The molecule has 23 heavy (non-hydrogen) atoms. The topological polar surface area (TPSA) is 97.6 Å². The van der Waals surface area contributed by atoms with Gasteiger partial charge in [-0.1, -0.05) is 6.07 Å². The molecule has 124 valence electrons. The molecule has 0 aromatic heterocycles. The van der Waals surface area contributed by atoms with Crippen molar-refractivity contribution in [1.29, 1.82) is 5.26 Å². The van der Waals surface area contributed by atoms with Crippen LogP contribution in [0.2, 0.25) is 0 Å². The maximum absolute atomic E-state index is 11.6. The lowest BCUT2D eigenvalue weighted by Gasteiger charge is -2.09. The van der Waals surface area contributed by atoms with Gasteiger partial charge in [-0.2, -0.15) is 5.26 Å². The number of hydrogen-bond donors (Lipinski definition) is 1. The maximum atomic E-state index is 11.6. The fourth-order valence-electron chi connectivity index (χ4n) is 1.81. The highest BCUT2D eigenvalue weighted by molar-refractivity contribution is 5.80. The number of benzene rings is 1. The number of aryl methyl sites for hydroxylation is 1. The van der Waals surface area contributed by atoms with Crippen molar-refractivity contribution < 1.29 is 23.8 Å². The van der Waals surface area contributed by atoms with Crippen LogP contribution in [-0.4, -0.2) is 39.2 Å². The zero-order valence-corrected chi connectivity index (χ0v) is 13.3. The smallest absolute Gasteiger partial charge is 0.306 e. The van der Waals surface area contributed by atoms with Crippen LogP contribution in [0.15, 0.2) is 18.2 Å². The number of nitriles is 1. The van der Waals surface area contributed by atoms with Gasteiger partial charge in [0.05, 0.1) is 26.7 Å². The van der Waals surface area contributed by atoms with Crippen molar-refractivity contribution in [3.63, 3.8) is 0 Å². The molecule has 0 aliphatic carbocycles. The second-order valence-electron chi connectivity index (χ2n) is 4.61. The first-order valence-electron chi connectivity index (χ1n) is 7.11. The minimum atomic E-state index is -0.463. The number of ether oxygens (including phenoxy) is 3. The fourth-order valence-corrected chi connectivity index (χ4v) is 1.81. The number of amides is 1. The van der Waals surface area contributed by atoms with Crippen LogP contribution in [0.3, 0.4) is 0 Å². The third kappa shape index (κ3) is 6.70. The van der Waals surface area contributed by atoms with Crippen molar-refractivity contribution in [3.05, 3.63) is 23.8 Å². The molecular weight excluding hydrogens is 300 g/mol. The summed E-state index contributed by atoms with van der Waals surface area (Å²) < 4.78 is 15.2. The predicted molar refractivity (Wildman–Crippen MR) is 82.1 cm³/mol. The third-order valence-electron chi connectivity index (χ3n) is 2.99. The van der Waals surface area contributed by atoms with E-state index in [1.54, 1.807) is 26.4 Å². The van der Waals surface area contributed by atoms with E-state index in [2.05, 4.69) is 5.32 Å². The summed E-state index contributed by atoms with van der Waals surface area (Å²) in [6, 6.07) is 7.30. The normalized spacial score (nSPS) is 9.61. The zero-order valence-electron chi connectivity index (χ0n) is 13.3. The van der Waals surface area contributed by atoms with Gasteiger partial charge in [-0.3, -0.25) is 9.59 Å². The summed E-state index contributed by atoms with van der Waals surface area (Å²) in [6.07, 6.45) is 0.842. The van der Waals surface area contributed by atoms with Gasteiger partial charge in [0.1, 0.15) is 0 Å². The molecule has 1 aromatic rings. The van der Waals surface area contributed by atoms with E-state index in [1.807, 2.05) is 12.1 Å². The molecular formula is C16H20N2O5. The van der Waals surface area contributed by atoms with E-state index in [9.17, 15) is 9.59 Å². The Morgan fingerprint density at radius 2 is 1.96 bits per heavy atom. The quantitative estimate of drug-likeness (QED) is 0.542. The van der Waals surface area contributed by atoms with E-state index in [-0.39, 0.29) is 26.0 Å². The summed E-state index contributed by atoms with van der Waals surface area (Å²) in [4.78, 5) is 22.9. The Hall–Kier alpha value is -2.75. The van der Waals surface area contributed by atoms with E-state index in [0.717, 1.165) is 5.56 Å². The van der Waals surface area contributed by atoms with E-state index >= 15 is 0 Å². The van der Waals surface area contributed by atoms with Crippen molar-refractivity contribution in [2.75, 3.05) is 27.4 Å². The standard InChI is InChI=1S/C16H20N2O5/c1-21-13-6-4-12(10-14(13)22-2)5-7-16(20)23-11-15(19)18-9-3-8-17/h4,6,10H,3,5,7,9,11H2,1-2H3,(H,18,19). The minimum absolute atomic E-state index is 0.154. The lowest BCUT2D eigenvalue weighted by atomic mass is 10.1. The first-order chi connectivity index (χ1) is 11.1. The highest BCUT2D eigenvalue weighted by Gasteiger charge is 2.09. The van der Waals surface area contributed by atoms with E-state index < -0.39 is 11.9 Å². The summed E-state index contributed by atoms with van der Waals surface area (Å²) in [7, 11) is 3.09. The van der Waals surface area contributed by atoms with Crippen molar-refractivity contribution >= 4 is 11.9 Å². The molecule has 0 aliphatic heterocycles. The molecule has 0 atom stereocenters. The van der Waals surface area contributed by atoms with Gasteiger partial charge in [0, 0.05) is 13.0 Å². The second kappa shape index (κ2) is 10.1. The molecule has 0 saturated carbocycles. The molecule has 1 aromatic carbocycles. The first-order valence-corrected chi connectivity index (χ1v) is 7.11. The van der Waals surface area contributed by atoms with Gasteiger partial charge in [0.2, 0.25) is 0 Å². The largest absolute Gasteiger partial charge is 0.493 e. The number of methoxy groups -OCH3 is 2. The molecule has 7 heteroatoms. The summed E-state index contributed by atoms with van der Waals surface area (Å²) >= 11 is 0. The van der Waals surface area contributed by atoms with Crippen LogP contribution in [0, 0.1) is 11.3 Å². The number of hydrogen-bond acceptors (Lipinski definition) is 6. The molecule has 1 N–H and O–H groups in total. The molecule has 0 bridgehead atoms. The Bertz CT molecular complexity index is 580. The summed E-state index contributed by atoms with van der Waals surface area (Å²) in [6.45, 7) is -0.0886. The highest BCUT2D eigenvalue weighted by Crippen LogP contribution is 2.27. The SMILES string of the molecule is COc1ccc(CCC(=O)OCC(=O)NCCC#N)cc1OC. The van der Waals surface area contributed by atoms with Crippen LogP contribution in [-0.2, 0) is 20.7 Å². The number of esters is 1. The van der Waals surface area contributed by atoms with Crippen LogP contribution in [0.4, 0.5) is 0 Å². The monoisotopic (exact) mass is 320 g/mol. The van der Waals surface area contributed by atoms with Crippen LogP contribution >= 0.6 is 0 Å². The number of nitrogens with one attached hydrogen (secondary N) is 1. The van der Waals surface area contributed by atoms with Gasteiger partial charge < -0.3 is 19.5 Å². The Labute approximate surface area is 135 Å². The Balaban J connectivity index is 2.36. The van der Waals surface area contributed by atoms with E-state index in [1.165, 1.54) is 0 Å². The highest BCUT2D eigenvalue weighted by atomic mass is 16.5. The van der Waals surface area contributed by atoms with Gasteiger partial charge in [0.15, 0.2) is 18.1 Å². The fraction of sp³-hybridized carbons (Fsp3) is 0.438. The van der Waals surface area contributed by atoms with Gasteiger partial charge >= 0.3 is 5.97 Å². The van der Waals surface area contributed by atoms with E-state index in [0.29, 0.717) is 17.9 Å². The molecule has 0 radical (unpaired) electrons. The Kier molecular flexibility index (Phi) is 8.00. The average molecular weight is 320 g/mol. The molecule has 0 saturated heterocycles. The molecule has 0 fully saturated rings. The zero-order chi connectivity index (χ0) is 17.1. The predicted octanol–water partition coefficient (Wildman–Crippen LogP) is 1.21. The molecule has 0 aliphatic rings.